The van der Waals surface area contributed by atoms with Crippen LogP contribution in [0.5, 0.6) is 0 Å². The van der Waals surface area contributed by atoms with E-state index in [0.717, 1.165) is 55.5 Å². The molecule has 3 aromatic carbocycles. The van der Waals surface area contributed by atoms with Crippen LogP contribution in [-0.2, 0) is 10.0 Å². The second-order valence-corrected chi connectivity index (χ2v) is 11.8. The average Bonchev–Trinajstić information content (AvgIpc) is 3.35. The molecule has 1 saturated heterocycles. The highest BCUT2D eigenvalue weighted by Crippen LogP contribution is 2.31. The molecule has 0 bridgehead atoms. The highest BCUT2D eigenvalue weighted by molar-refractivity contribution is 7.92. The summed E-state index contributed by atoms with van der Waals surface area (Å²) in [6, 6.07) is 17.1. The largest absolute Gasteiger partial charge is 0.351 e. The van der Waals surface area contributed by atoms with Gasteiger partial charge in [-0.25, -0.2) is 17.8 Å². The van der Waals surface area contributed by atoms with Gasteiger partial charge in [0.1, 0.15) is 5.82 Å². The molecular weight excluding hydrogens is 525 g/mol. The number of nitrogens with zero attached hydrogens (tertiary/aromatic N) is 3. The lowest BCUT2D eigenvalue weighted by Gasteiger charge is -2.34. The highest BCUT2D eigenvalue weighted by atomic mass is 32.2. The maximum absolute atomic E-state index is 13.1. The minimum absolute atomic E-state index is 0.0629. The Morgan fingerprint density at radius 2 is 1.76 bits per heavy atom. The maximum Gasteiger partial charge on any atom is 0.261 e. The summed E-state index contributed by atoms with van der Waals surface area (Å²) in [5.74, 6) is -0.802. The van der Waals surface area contributed by atoms with Crippen LogP contribution in [0, 0.1) is 12.7 Å². The van der Waals surface area contributed by atoms with Gasteiger partial charge in [-0.2, -0.15) is 0 Å². The van der Waals surface area contributed by atoms with Gasteiger partial charge in [-0.15, -0.1) is 0 Å². The van der Waals surface area contributed by atoms with Gasteiger partial charge < -0.3 is 10.2 Å². The summed E-state index contributed by atoms with van der Waals surface area (Å²) in [6.45, 7) is 6.80. The molecule has 5 rings (SSSR count). The molecule has 1 fully saturated rings. The van der Waals surface area contributed by atoms with Gasteiger partial charge >= 0.3 is 0 Å². The van der Waals surface area contributed by atoms with Crippen LogP contribution in [0.4, 0.5) is 15.2 Å². The Balaban J connectivity index is 1.11. The van der Waals surface area contributed by atoms with Crippen molar-refractivity contribution in [2.75, 3.05) is 48.9 Å². The Kier molecular flexibility index (Phi) is 7.59. The van der Waals surface area contributed by atoms with Crippen molar-refractivity contribution >= 4 is 48.3 Å². The van der Waals surface area contributed by atoms with Gasteiger partial charge in [0.05, 0.1) is 15.1 Å². The van der Waals surface area contributed by atoms with Gasteiger partial charge in [0.15, 0.2) is 5.13 Å². The fourth-order valence-electron chi connectivity index (χ4n) is 4.35. The van der Waals surface area contributed by atoms with Crippen LogP contribution < -0.4 is 14.9 Å². The smallest absolute Gasteiger partial charge is 0.261 e. The first-order chi connectivity index (χ1) is 18.3. The third-order valence-corrected chi connectivity index (χ3v) is 8.95. The monoisotopic (exact) mass is 553 g/mol. The minimum atomic E-state index is -3.90. The number of carbonyl (C=O) groups excluding carboxylic acids is 1. The number of rotatable bonds is 8. The molecule has 198 valence electrons. The van der Waals surface area contributed by atoms with Gasteiger partial charge in [-0.1, -0.05) is 29.5 Å². The molecule has 11 heteroatoms. The van der Waals surface area contributed by atoms with Crippen LogP contribution in [-0.4, -0.2) is 63.5 Å². The fourth-order valence-corrected chi connectivity index (χ4v) is 6.50. The van der Waals surface area contributed by atoms with E-state index >= 15 is 0 Å². The Morgan fingerprint density at radius 3 is 2.50 bits per heavy atom. The number of carbonyl (C=O) groups is 1. The molecule has 0 unspecified atom stereocenters. The van der Waals surface area contributed by atoms with E-state index in [2.05, 4.69) is 45.0 Å². The van der Waals surface area contributed by atoms with Gasteiger partial charge in [0, 0.05) is 50.5 Å². The van der Waals surface area contributed by atoms with Crippen molar-refractivity contribution in [3.05, 3.63) is 83.7 Å². The first-order valence-corrected chi connectivity index (χ1v) is 14.6. The van der Waals surface area contributed by atoms with E-state index in [1.807, 2.05) is 0 Å². The topological polar surface area (TPSA) is 94.6 Å². The van der Waals surface area contributed by atoms with Crippen molar-refractivity contribution in [2.45, 2.75) is 11.8 Å². The number of aryl methyl sites for hydroxylation is 1. The number of amides is 1. The van der Waals surface area contributed by atoms with Crippen molar-refractivity contribution in [2.24, 2.45) is 0 Å². The zero-order valence-electron chi connectivity index (χ0n) is 20.9. The number of aromatic nitrogens is 1. The molecular formula is C27H28FN5O3S2. The summed E-state index contributed by atoms with van der Waals surface area (Å²) in [5, 5.41) is 3.97. The number of para-hydroxylation sites is 1. The molecule has 4 aromatic rings. The van der Waals surface area contributed by atoms with E-state index in [-0.39, 0.29) is 16.5 Å². The Bertz CT molecular complexity index is 1550. The molecule has 0 aliphatic carbocycles. The molecule has 0 saturated carbocycles. The van der Waals surface area contributed by atoms with Crippen LogP contribution in [0.25, 0.3) is 10.2 Å². The van der Waals surface area contributed by atoms with E-state index in [1.54, 1.807) is 29.5 Å². The predicted molar refractivity (Wildman–Crippen MR) is 149 cm³/mol. The van der Waals surface area contributed by atoms with Crippen molar-refractivity contribution in [1.29, 1.82) is 0 Å². The zero-order chi connectivity index (χ0) is 26.7. The number of halogens is 1. The molecule has 1 amide bonds. The SMILES string of the molecule is Cc1cccc2sc(N3CCN(CCNC(=O)c4cccc(NS(=O)(=O)c5ccc(F)cc5)c4)CC3)nc12. The quantitative estimate of drug-likeness (QED) is 0.341. The fraction of sp³-hybridized carbons (Fsp3) is 0.259. The van der Waals surface area contributed by atoms with Gasteiger partial charge in [0.25, 0.3) is 15.9 Å². The number of nitrogens with one attached hydrogen (secondary N) is 2. The van der Waals surface area contributed by atoms with Crippen molar-refractivity contribution < 1.29 is 17.6 Å². The third-order valence-electron chi connectivity index (χ3n) is 6.47. The van der Waals surface area contributed by atoms with Crippen LogP contribution in [0.1, 0.15) is 15.9 Å². The van der Waals surface area contributed by atoms with Crippen molar-refractivity contribution in [1.82, 2.24) is 15.2 Å². The lowest BCUT2D eigenvalue weighted by Crippen LogP contribution is -2.48. The molecule has 0 spiro atoms. The summed E-state index contributed by atoms with van der Waals surface area (Å²) < 4.78 is 41.9. The number of fused-ring (bicyclic) bond motifs is 1. The van der Waals surface area contributed by atoms with Crippen molar-refractivity contribution in [3.8, 4) is 0 Å². The van der Waals surface area contributed by atoms with Crippen LogP contribution >= 0.6 is 11.3 Å². The van der Waals surface area contributed by atoms with E-state index in [0.29, 0.717) is 12.1 Å². The first-order valence-electron chi connectivity index (χ1n) is 12.3. The lowest BCUT2D eigenvalue weighted by atomic mass is 10.2. The number of sulfonamides is 1. The second-order valence-electron chi connectivity index (χ2n) is 9.14. The molecule has 2 N–H and O–H groups in total. The lowest BCUT2D eigenvalue weighted by molar-refractivity contribution is 0.0948. The summed E-state index contributed by atoms with van der Waals surface area (Å²) in [5.41, 5.74) is 2.86. The molecule has 38 heavy (non-hydrogen) atoms. The predicted octanol–water partition coefficient (Wildman–Crippen LogP) is 4.10. The van der Waals surface area contributed by atoms with Gasteiger partial charge in [0.2, 0.25) is 0 Å². The van der Waals surface area contributed by atoms with E-state index in [4.69, 9.17) is 4.98 Å². The minimum Gasteiger partial charge on any atom is -0.351 e. The van der Waals surface area contributed by atoms with Crippen LogP contribution in [0.2, 0.25) is 0 Å². The number of thiazole rings is 1. The zero-order valence-corrected chi connectivity index (χ0v) is 22.5. The summed E-state index contributed by atoms with van der Waals surface area (Å²) in [4.78, 5) is 22.1. The Hall–Kier alpha value is -3.54. The van der Waals surface area contributed by atoms with E-state index in [1.165, 1.54) is 28.5 Å². The number of piperazine rings is 1. The van der Waals surface area contributed by atoms with Crippen LogP contribution in [0.3, 0.4) is 0 Å². The molecule has 1 aromatic heterocycles. The molecule has 2 heterocycles. The maximum atomic E-state index is 13.1. The first kappa shape index (κ1) is 26.1. The molecule has 8 nitrogen and oxygen atoms in total. The summed E-state index contributed by atoms with van der Waals surface area (Å²) >= 11 is 1.72. The summed E-state index contributed by atoms with van der Waals surface area (Å²) in [7, 11) is -3.90. The van der Waals surface area contributed by atoms with Crippen LogP contribution in [0.15, 0.2) is 71.6 Å². The molecule has 0 atom stereocenters. The highest BCUT2D eigenvalue weighted by Gasteiger charge is 2.20. The van der Waals surface area contributed by atoms with Gasteiger partial charge in [-0.05, 0) is 61.0 Å². The van der Waals surface area contributed by atoms with Crippen molar-refractivity contribution in [3.63, 3.8) is 0 Å². The molecule has 0 radical (unpaired) electrons. The molecule has 1 aliphatic rings. The van der Waals surface area contributed by atoms with E-state index < -0.39 is 15.8 Å². The number of benzene rings is 3. The van der Waals surface area contributed by atoms with E-state index in [9.17, 15) is 17.6 Å². The second kappa shape index (κ2) is 11.1. The van der Waals surface area contributed by atoms with Gasteiger partial charge in [-0.3, -0.25) is 14.4 Å². The Morgan fingerprint density at radius 1 is 1.03 bits per heavy atom. The Labute approximate surface area is 225 Å². The number of hydrogen-bond acceptors (Lipinski definition) is 7. The number of anilines is 2. The standard InChI is InChI=1S/C27H28FN5O3S2/c1-19-4-2-7-24-25(19)30-27(37-24)33-16-14-32(15-17-33)13-12-29-26(34)20-5-3-6-22(18-20)31-38(35,36)23-10-8-21(28)9-11-23/h2-11,18,31H,12-17H2,1H3,(H,29,34). The number of hydrogen-bond donors (Lipinski definition) is 2. The third kappa shape index (κ3) is 5.95. The molecule has 1 aliphatic heterocycles. The normalized spacial score (nSPS) is 14.5. The summed E-state index contributed by atoms with van der Waals surface area (Å²) in [6.07, 6.45) is 0. The average molecular weight is 554 g/mol.